The number of aliphatic hydroxyl groups excluding tert-OH is 1. The van der Waals surface area contributed by atoms with E-state index in [1.807, 2.05) is 23.1 Å². The summed E-state index contributed by atoms with van der Waals surface area (Å²) in [5.74, 6) is 1.60. The first-order valence-electron chi connectivity index (χ1n) is 11.0. The number of rotatable bonds is 5. The van der Waals surface area contributed by atoms with Crippen LogP contribution in [-0.4, -0.2) is 47.8 Å². The molecule has 154 valence electrons. The Labute approximate surface area is 168 Å². The van der Waals surface area contributed by atoms with Crippen LogP contribution in [0.4, 0.5) is 0 Å². The molecule has 1 heterocycles. The van der Waals surface area contributed by atoms with Crippen molar-refractivity contribution in [2.75, 3.05) is 13.7 Å². The second-order valence-corrected chi connectivity index (χ2v) is 8.61. The van der Waals surface area contributed by atoms with Crippen molar-refractivity contribution >= 4 is 5.91 Å². The van der Waals surface area contributed by atoms with Gasteiger partial charge in [0, 0.05) is 24.6 Å². The Balaban J connectivity index is 1.57. The van der Waals surface area contributed by atoms with Gasteiger partial charge in [0.05, 0.1) is 24.9 Å². The van der Waals surface area contributed by atoms with Crippen LogP contribution in [0, 0.1) is 5.92 Å². The quantitative estimate of drug-likeness (QED) is 0.824. The molecular weight excluding hydrogens is 354 g/mol. The lowest BCUT2D eigenvalue weighted by Gasteiger charge is -2.37. The molecule has 0 radical (unpaired) electrons. The highest BCUT2D eigenvalue weighted by molar-refractivity contribution is 5.97. The number of hydrogen-bond donors (Lipinski definition) is 1. The number of ether oxygens (including phenoxy) is 2. The van der Waals surface area contributed by atoms with E-state index in [-0.39, 0.29) is 30.1 Å². The summed E-state index contributed by atoms with van der Waals surface area (Å²) in [6.45, 7) is 0.765. The maximum Gasteiger partial charge on any atom is 0.257 e. The number of methoxy groups -OCH3 is 1. The Morgan fingerprint density at radius 1 is 1.04 bits per heavy atom. The van der Waals surface area contributed by atoms with E-state index in [2.05, 4.69) is 0 Å². The molecule has 4 rings (SSSR count). The van der Waals surface area contributed by atoms with E-state index in [9.17, 15) is 9.90 Å². The van der Waals surface area contributed by atoms with Crippen LogP contribution in [0.25, 0.3) is 0 Å². The average Bonchev–Trinajstić information content (AvgIpc) is 3.40. The van der Waals surface area contributed by atoms with Crippen LogP contribution in [-0.2, 0) is 0 Å². The fraction of sp³-hybridized carbons (Fsp3) is 0.696. The minimum atomic E-state index is -0.280. The van der Waals surface area contributed by atoms with Gasteiger partial charge >= 0.3 is 0 Å². The number of carbonyl (C=O) groups excluding carboxylic acids is 1. The van der Waals surface area contributed by atoms with Gasteiger partial charge < -0.3 is 19.5 Å². The van der Waals surface area contributed by atoms with E-state index in [0.717, 1.165) is 57.9 Å². The fourth-order valence-electron chi connectivity index (χ4n) is 5.32. The molecule has 1 aromatic rings. The van der Waals surface area contributed by atoms with Crippen molar-refractivity contribution in [1.29, 1.82) is 0 Å². The largest absolute Gasteiger partial charge is 0.497 e. The lowest BCUT2D eigenvalue weighted by Crippen LogP contribution is -2.45. The van der Waals surface area contributed by atoms with Crippen LogP contribution in [0.5, 0.6) is 11.5 Å². The van der Waals surface area contributed by atoms with E-state index < -0.39 is 0 Å². The first kappa shape index (κ1) is 19.6. The van der Waals surface area contributed by atoms with Gasteiger partial charge in [0.25, 0.3) is 5.91 Å². The van der Waals surface area contributed by atoms with Crippen LogP contribution in [0.15, 0.2) is 18.2 Å². The molecule has 3 fully saturated rings. The predicted octanol–water partition coefficient (Wildman–Crippen LogP) is 4.17. The van der Waals surface area contributed by atoms with Gasteiger partial charge in [-0.2, -0.15) is 0 Å². The Kier molecular flexibility index (Phi) is 6.10. The zero-order chi connectivity index (χ0) is 19.5. The molecular formula is C23H33NO4. The molecule has 3 aliphatic rings. The third-order valence-corrected chi connectivity index (χ3v) is 6.85. The maximum atomic E-state index is 13.5. The lowest BCUT2D eigenvalue weighted by atomic mass is 9.80. The van der Waals surface area contributed by atoms with Gasteiger partial charge in [-0.05, 0) is 63.5 Å². The molecule has 1 amide bonds. The van der Waals surface area contributed by atoms with E-state index in [1.165, 1.54) is 12.8 Å². The van der Waals surface area contributed by atoms with E-state index in [0.29, 0.717) is 17.1 Å². The highest BCUT2D eigenvalue weighted by Gasteiger charge is 2.40. The van der Waals surface area contributed by atoms with Gasteiger partial charge in [0.1, 0.15) is 11.5 Å². The minimum absolute atomic E-state index is 0.0379. The summed E-state index contributed by atoms with van der Waals surface area (Å²) in [5, 5.41) is 10.5. The molecule has 3 unspecified atom stereocenters. The fourth-order valence-corrected chi connectivity index (χ4v) is 5.32. The smallest absolute Gasteiger partial charge is 0.257 e. The van der Waals surface area contributed by atoms with Gasteiger partial charge in [-0.25, -0.2) is 0 Å². The average molecular weight is 388 g/mol. The number of nitrogens with zero attached hydrogens (tertiary/aromatic N) is 1. The number of likely N-dealkylation sites (tertiary alicyclic amines) is 1. The second-order valence-electron chi connectivity index (χ2n) is 8.61. The predicted molar refractivity (Wildman–Crippen MR) is 108 cm³/mol. The van der Waals surface area contributed by atoms with Crippen molar-refractivity contribution in [3.05, 3.63) is 23.8 Å². The summed E-state index contributed by atoms with van der Waals surface area (Å²) in [6.07, 6.45) is 10.5. The summed E-state index contributed by atoms with van der Waals surface area (Å²) in [6, 6.07) is 5.68. The van der Waals surface area contributed by atoms with Gasteiger partial charge in [-0.15, -0.1) is 0 Å². The second kappa shape index (κ2) is 8.73. The minimum Gasteiger partial charge on any atom is -0.497 e. The van der Waals surface area contributed by atoms with Crippen LogP contribution >= 0.6 is 0 Å². The number of hydrogen-bond acceptors (Lipinski definition) is 4. The Hall–Kier alpha value is -1.75. The summed E-state index contributed by atoms with van der Waals surface area (Å²) in [7, 11) is 1.64. The van der Waals surface area contributed by atoms with E-state index >= 15 is 0 Å². The van der Waals surface area contributed by atoms with Gasteiger partial charge in [-0.3, -0.25) is 4.79 Å². The maximum absolute atomic E-state index is 13.5. The monoisotopic (exact) mass is 387 g/mol. The summed E-state index contributed by atoms with van der Waals surface area (Å²) < 4.78 is 11.6. The van der Waals surface area contributed by atoms with Crippen LogP contribution < -0.4 is 9.47 Å². The zero-order valence-electron chi connectivity index (χ0n) is 16.9. The Morgan fingerprint density at radius 3 is 2.54 bits per heavy atom. The molecule has 1 N–H and O–H groups in total. The zero-order valence-corrected chi connectivity index (χ0v) is 16.9. The van der Waals surface area contributed by atoms with Gasteiger partial charge in [0.2, 0.25) is 0 Å². The summed E-state index contributed by atoms with van der Waals surface area (Å²) in [5.41, 5.74) is 0.630. The molecule has 1 saturated heterocycles. The number of carbonyl (C=O) groups is 1. The molecule has 0 aromatic heterocycles. The standard InChI is InChI=1S/C23H33NO4/c1-27-17-12-13-19(22(15-17)28-16-7-2-3-8-16)23(26)24-14-6-10-20(24)18-9-4-5-11-21(18)25/h12-13,15-16,18,20-21,25H,2-11,14H2,1H3. The molecule has 0 spiro atoms. The molecule has 5 heteroatoms. The molecule has 2 saturated carbocycles. The Morgan fingerprint density at radius 2 is 1.79 bits per heavy atom. The van der Waals surface area contributed by atoms with E-state index in [1.54, 1.807) is 7.11 Å². The van der Waals surface area contributed by atoms with Crippen molar-refractivity contribution in [3.8, 4) is 11.5 Å². The SMILES string of the molecule is COc1ccc(C(=O)N2CCCC2C2CCCCC2O)c(OC2CCCC2)c1. The van der Waals surface area contributed by atoms with Gasteiger partial charge in [-0.1, -0.05) is 12.8 Å². The van der Waals surface area contributed by atoms with Crippen LogP contribution in [0.1, 0.15) is 74.6 Å². The van der Waals surface area contributed by atoms with Crippen molar-refractivity contribution in [2.24, 2.45) is 5.92 Å². The number of benzene rings is 1. The van der Waals surface area contributed by atoms with Crippen molar-refractivity contribution in [3.63, 3.8) is 0 Å². The molecule has 1 aromatic carbocycles. The van der Waals surface area contributed by atoms with Crippen LogP contribution in [0.3, 0.4) is 0 Å². The van der Waals surface area contributed by atoms with E-state index in [4.69, 9.17) is 9.47 Å². The first-order chi connectivity index (χ1) is 13.7. The van der Waals surface area contributed by atoms with Crippen molar-refractivity contribution in [1.82, 2.24) is 4.90 Å². The van der Waals surface area contributed by atoms with Crippen LogP contribution in [0.2, 0.25) is 0 Å². The molecule has 1 aliphatic heterocycles. The topological polar surface area (TPSA) is 59.0 Å². The first-order valence-corrected chi connectivity index (χ1v) is 11.0. The lowest BCUT2D eigenvalue weighted by molar-refractivity contribution is 0.0210. The van der Waals surface area contributed by atoms with Crippen molar-refractivity contribution < 1.29 is 19.4 Å². The third kappa shape index (κ3) is 4.00. The highest BCUT2D eigenvalue weighted by atomic mass is 16.5. The number of amides is 1. The summed E-state index contributed by atoms with van der Waals surface area (Å²) >= 11 is 0. The molecule has 28 heavy (non-hydrogen) atoms. The molecule has 3 atom stereocenters. The molecule has 0 bridgehead atoms. The normalized spacial score (nSPS) is 28.5. The molecule has 5 nitrogen and oxygen atoms in total. The number of aliphatic hydroxyl groups is 1. The third-order valence-electron chi connectivity index (χ3n) is 6.85. The Bertz CT molecular complexity index is 685. The summed E-state index contributed by atoms with van der Waals surface area (Å²) in [4.78, 5) is 15.5. The molecule has 2 aliphatic carbocycles. The highest BCUT2D eigenvalue weighted by Crippen LogP contribution is 2.37. The van der Waals surface area contributed by atoms with Crippen molar-refractivity contribution in [2.45, 2.75) is 82.5 Å². The van der Waals surface area contributed by atoms with Gasteiger partial charge in [0.15, 0.2) is 0 Å².